The van der Waals surface area contributed by atoms with Crippen LogP contribution in [0.4, 0.5) is 15.9 Å². The fourth-order valence-corrected chi connectivity index (χ4v) is 2.50. The molecule has 0 unspecified atom stereocenters. The van der Waals surface area contributed by atoms with Gasteiger partial charge in [-0.15, -0.1) is 0 Å². The molecule has 0 saturated carbocycles. The maximum absolute atomic E-state index is 13.6. The van der Waals surface area contributed by atoms with Gasteiger partial charge in [0, 0.05) is 17.7 Å². The summed E-state index contributed by atoms with van der Waals surface area (Å²) >= 11 is 0. The van der Waals surface area contributed by atoms with Crippen LogP contribution in [0, 0.1) is 5.82 Å². The van der Waals surface area contributed by atoms with Crippen LogP contribution in [0.25, 0.3) is 0 Å². The van der Waals surface area contributed by atoms with Gasteiger partial charge in [-0.1, -0.05) is 24.3 Å². The van der Waals surface area contributed by atoms with Crippen LogP contribution in [0.15, 0.2) is 66.9 Å². The summed E-state index contributed by atoms with van der Waals surface area (Å²) in [7, 11) is 0. The molecule has 1 aromatic heterocycles. The number of hydrogen-bond acceptors (Lipinski definition) is 4. The summed E-state index contributed by atoms with van der Waals surface area (Å²) in [5.41, 5.74) is 1.63. The van der Waals surface area contributed by atoms with Gasteiger partial charge >= 0.3 is 0 Å². The van der Waals surface area contributed by atoms with Gasteiger partial charge < -0.3 is 15.4 Å². The fourth-order valence-electron chi connectivity index (χ4n) is 2.50. The average Bonchev–Trinajstić information content (AvgIpc) is 2.69. The highest BCUT2D eigenvalue weighted by molar-refractivity contribution is 6.04. The third kappa shape index (κ3) is 5.04. The molecule has 0 spiro atoms. The van der Waals surface area contributed by atoms with Crippen LogP contribution in [0.5, 0.6) is 5.75 Å². The Morgan fingerprint density at radius 1 is 1.11 bits per heavy atom. The maximum Gasteiger partial charge on any atom is 0.255 e. The summed E-state index contributed by atoms with van der Waals surface area (Å²) in [5, 5.41) is 5.85. The summed E-state index contributed by atoms with van der Waals surface area (Å²) in [4.78, 5) is 16.6. The standard InChI is InChI=1S/C21H20FN3O2/c1-2-27-18-8-5-7-15(12-18)21(26)25-17-10-11-20(24-14-17)23-13-16-6-3-4-9-19(16)22/h3-12,14H,2,13H2,1H3,(H,23,24)(H,25,26). The normalized spacial score (nSPS) is 10.3. The van der Waals surface area contributed by atoms with Crippen LogP contribution in [0.2, 0.25) is 0 Å². The number of aromatic nitrogens is 1. The van der Waals surface area contributed by atoms with Gasteiger partial charge in [-0.05, 0) is 43.3 Å². The van der Waals surface area contributed by atoms with Gasteiger partial charge in [0.1, 0.15) is 17.4 Å². The van der Waals surface area contributed by atoms with Gasteiger partial charge in [-0.3, -0.25) is 4.79 Å². The first-order valence-corrected chi connectivity index (χ1v) is 8.63. The molecule has 0 atom stereocenters. The van der Waals surface area contributed by atoms with Gasteiger partial charge in [0.25, 0.3) is 5.91 Å². The molecule has 0 bridgehead atoms. The van der Waals surface area contributed by atoms with Crippen molar-refractivity contribution < 1.29 is 13.9 Å². The zero-order chi connectivity index (χ0) is 19.1. The molecule has 0 aliphatic heterocycles. The number of anilines is 2. The third-order valence-electron chi connectivity index (χ3n) is 3.85. The molecule has 0 saturated heterocycles. The average molecular weight is 365 g/mol. The number of carbonyl (C=O) groups is 1. The van der Waals surface area contributed by atoms with Crippen molar-refractivity contribution in [3.8, 4) is 5.75 Å². The Morgan fingerprint density at radius 2 is 1.96 bits per heavy atom. The molecule has 0 fully saturated rings. The second kappa shape index (κ2) is 8.80. The lowest BCUT2D eigenvalue weighted by atomic mass is 10.2. The van der Waals surface area contributed by atoms with E-state index in [0.717, 1.165) is 0 Å². The molecule has 138 valence electrons. The third-order valence-corrected chi connectivity index (χ3v) is 3.85. The molecule has 0 aliphatic carbocycles. The molecule has 2 aromatic carbocycles. The summed E-state index contributed by atoms with van der Waals surface area (Å²) in [6.07, 6.45) is 1.55. The minimum atomic E-state index is -0.261. The van der Waals surface area contributed by atoms with E-state index in [1.807, 2.05) is 6.92 Å². The van der Waals surface area contributed by atoms with Crippen molar-refractivity contribution in [2.24, 2.45) is 0 Å². The number of nitrogens with zero attached hydrogens (tertiary/aromatic N) is 1. The van der Waals surface area contributed by atoms with Crippen LogP contribution in [-0.4, -0.2) is 17.5 Å². The lowest BCUT2D eigenvalue weighted by molar-refractivity contribution is 0.102. The van der Waals surface area contributed by atoms with Crippen molar-refractivity contribution in [1.29, 1.82) is 0 Å². The zero-order valence-corrected chi connectivity index (χ0v) is 14.9. The van der Waals surface area contributed by atoms with E-state index >= 15 is 0 Å². The number of nitrogens with one attached hydrogen (secondary N) is 2. The number of pyridine rings is 1. The number of amides is 1. The highest BCUT2D eigenvalue weighted by Crippen LogP contribution is 2.16. The largest absolute Gasteiger partial charge is 0.494 e. The number of carbonyl (C=O) groups excluding carboxylic acids is 1. The first-order valence-electron chi connectivity index (χ1n) is 8.63. The van der Waals surface area contributed by atoms with Crippen LogP contribution < -0.4 is 15.4 Å². The zero-order valence-electron chi connectivity index (χ0n) is 14.9. The first kappa shape index (κ1) is 18.4. The summed E-state index contributed by atoms with van der Waals surface area (Å²) in [6.45, 7) is 2.76. The number of halogens is 1. The molecule has 6 heteroatoms. The van der Waals surface area contributed by atoms with E-state index < -0.39 is 0 Å². The monoisotopic (exact) mass is 365 g/mol. The van der Waals surface area contributed by atoms with Gasteiger partial charge in [-0.2, -0.15) is 0 Å². The van der Waals surface area contributed by atoms with Crippen molar-refractivity contribution in [1.82, 2.24) is 4.98 Å². The molecule has 27 heavy (non-hydrogen) atoms. The van der Waals surface area contributed by atoms with E-state index in [1.54, 1.807) is 60.8 Å². The minimum absolute atomic E-state index is 0.245. The summed E-state index contributed by atoms with van der Waals surface area (Å²) in [5.74, 6) is 0.735. The van der Waals surface area contributed by atoms with Gasteiger partial charge in [0.2, 0.25) is 0 Å². The van der Waals surface area contributed by atoms with Gasteiger partial charge in [-0.25, -0.2) is 9.37 Å². The second-order valence-electron chi connectivity index (χ2n) is 5.79. The van der Waals surface area contributed by atoms with Gasteiger partial charge in [0.05, 0.1) is 18.5 Å². The Labute approximate surface area is 157 Å². The summed E-state index contributed by atoms with van der Waals surface area (Å²) in [6, 6.07) is 17.0. The fraction of sp³-hybridized carbons (Fsp3) is 0.143. The maximum atomic E-state index is 13.6. The van der Waals surface area contributed by atoms with Crippen molar-refractivity contribution in [2.75, 3.05) is 17.2 Å². The van der Waals surface area contributed by atoms with Gasteiger partial charge in [0.15, 0.2) is 0 Å². The molecule has 0 radical (unpaired) electrons. The molecule has 5 nitrogen and oxygen atoms in total. The minimum Gasteiger partial charge on any atom is -0.494 e. The van der Waals surface area contributed by atoms with E-state index in [9.17, 15) is 9.18 Å². The number of benzene rings is 2. The van der Waals surface area contributed by atoms with Crippen LogP contribution in [0.1, 0.15) is 22.8 Å². The molecule has 1 heterocycles. The van der Waals surface area contributed by atoms with E-state index in [-0.39, 0.29) is 11.7 Å². The number of hydrogen-bond donors (Lipinski definition) is 2. The van der Waals surface area contributed by atoms with E-state index in [2.05, 4.69) is 15.6 Å². The Balaban J connectivity index is 1.59. The predicted octanol–water partition coefficient (Wildman–Crippen LogP) is 4.48. The second-order valence-corrected chi connectivity index (χ2v) is 5.79. The Kier molecular flexibility index (Phi) is 5.99. The molecule has 0 aliphatic rings. The van der Waals surface area contributed by atoms with E-state index in [4.69, 9.17) is 4.74 Å². The van der Waals surface area contributed by atoms with Crippen molar-refractivity contribution in [3.05, 3.63) is 83.8 Å². The topological polar surface area (TPSA) is 63.2 Å². The molecule has 3 aromatic rings. The molecule has 1 amide bonds. The number of ether oxygens (including phenoxy) is 1. The SMILES string of the molecule is CCOc1cccc(C(=O)Nc2ccc(NCc3ccccc3F)nc2)c1. The highest BCUT2D eigenvalue weighted by atomic mass is 19.1. The summed E-state index contributed by atoms with van der Waals surface area (Å²) < 4.78 is 19.0. The Hall–Kier alpha value is -3.41. The first-order chi connectivity index (χ1) is 13.2. The quantitative estimate of drug-likeness (QED) is 0.648. The molecular weight excluding hydrogens is 345 g/mol. The lowest BCUT2D eigenvalue weighted by Gasteiger charge is -2.09. The smallest absolute Gasteiger partial charge is 0.255 e. The molecule has 2 N–H and O–H groups in total. The van der Waals surface area contributed by atoms with Crippen molar-refractivity contribution in [3.63, 3.8) is 0 Å². The predicted molar refractivity (Wildman–Crippen MR) is 104 cm³/mol. The van der Waals surface area contributed by atoms with E-state index in [1.165, 1.54) is 6.07 Å². The van der Waals surface area contributed by atoms with Crippen LogP contribution in [0.3, 0.4) is 0 Å². The van der Waals surface area contributed by atoms with E-state index in [0.29, 0.717) is 41.5 Å². The lowest BCUT2D eigenvalue weighted by Crippen LogP contribution is -2.12. The van der Waals surface area contributed by atoms with Crippen LogP contribution >= 0.6 is 0 Å². The molecule has 3 rings (SSSR count). The highest BCUT2D eigenvalue weighted by Gasteiger charge is 2.08. The van der Waals surface area contributed by atoms with Crippen molar-refractivity contribution in [2.45, 2.75) is 13.5 Å². The van der Waals surface area contributed by atoms with Crippen LogP contribution in [-0.2, 0) is 6.54 Å². The Morgan fingerprint density at radius 3 is 2.70 bits per heavy atom. The Bertz CT molecular complexity index is 913. The van der Waals surface area contributed by atoms with Crippen molar-refractivity contribution >= 4 is 17.4 Å². The number of rotatable bonds is 7. The molecular formula is C21H20FN3O2.